The Balaban J connectivity index is 1.45. The molecule has 3 heterocycles. The van der Waals surface area contributed by atoms with Crippen LogP contribution in [0.4, 0.5) is 0 Å². The van der Waals surface area contributed by atoms with E-state index in [1.165, 1.54) is 4.88 Å². The van der Waals surface area contributed by atoms with Gasteiger partial charge in [0, 0.05) is 34.2 Å². The van der Waals surface area contributed by atoms with E-state index in [9.17, 15) is 9.59 Å². The van der Waals surface area contributed by atoms with Crippen LogP contribution in [0.5, 0.6) is 0 Å². The highest BCUT2D eigenvalue weighted by molar-refractivity contribution is 7.09. The summed E-state index contributed by atoms with van der Waals surface area (Å²) in [5.41, 5.74) is 4.09. The van der Waals surface area contributed by atoms with Crippen molar-refractivity contribution in [1.82, 2.24) is 14.5 Å². The van der Waals surface area contributed by atoms with Gasteiger partial charge in [-0.15, -0.1) is 11.3 Å². The summed E-state index contributed by atoms with van der Waals surface area (Å²) in [6, 6.07) is 10.9. The molecule has 146 valence electrons. The molecule has 7 heteroatoms. The Labute approximate surface area is 171 Å². The van der Waals surface area contributed by atoms with Crippen LogP contribution >= 0.6 is 11.3 Å². The molecule has 29 heavy (non-hydrogen) atoms. The molecule has 0 saturated heterocycles. The first kappa shape index (κ1) is 19.0. The lowest BCUT2D eigenvalue weighted by Gasteiger charge is -2.08. The molecule has 0 radical (unpaired) electrons. The van der Waals surface area contributed by atoms with Crippen LogP contribution in [0.15, 0.2) is 54.2 Å². The van der Waals surface area contributed by atoms with E-state index in [2.05, 4.69) is 20.6 Å². The summed E-state index contributed by atoms with van der Waals surface area (Å²) < 4.78 is 7.36. The number of thiophene rings is 1. The van der Waals surface area contributed by atoms with Crippen molar-refractivity contribution in [2.45, 2.75) is 20.4 Å². The summed E-state index contributed by atoms with van der Waals surface area (Å²) in [5.74, 6) is -0.775. The Bertz CT molecular complexity index is 1200. The number of aryl methyl sites for hydroxylation is 1. The Hall–Kier alpha value is -3.32. The molecule has 0 saturated carbocycles. The van der Waals surface area contributed by atoms with Gasteiger partial charge in [0.25, 0.3) is 0 Å². The Kier molecular flexibility index (Phi) is 5.22. The van der Waals surface area contributed by atoms with E-state index in [1.54, 1.807) is 41.9 Å². The van der Waals surface area contributed by atoms with Gasteiger partial charge in [-0.1, -0.05) is 6.07 Å². The SMILES string of the molecule is Cc1cc(C(=O)COC(=O)c2ccc3nccnc3c2)c(C)n1Cc1cccs1. The van der Waals surface area contributed by atoms with Crippen molar-refractivity contribution in [3.63, 3.8) is 0 Å². The fraction of sp³-hybridized carbons (Fsp3) is 0.182. The number of aromatic nitrogens is 3. The number of Topliss-reactive ketones (excluding diaryl/α,β-unsaturated/α-hetero) is 1. The monoisotopic (exact) mass is 405 g/mol. The fourth-order valence-electron chi connectivity index (χ4n) is 3.27. The van der Waals surface area contributed by atoms with E-state index in [4.69, 9.17) is 4.74 Å². The third-order valence-corrected chi connectivity index (χ3v) is 5.67. The smallest absolute Gasteiger partial charge is 0.338 e. The van der Waals surface area contributed by atoms with Crippen LogP contribution in [0.1, 0.15) is 37.0 Å². The van der Waals surface area contributed by atoms with E-state index in [0.717, 1.165) is 17.9 Å². The molecule has 0 N–H and O–H groups in total. The van der Waals surface area contributed by atoms with Gasteiger partial charge >= 0.3 is 5.97 Å². The highest BCUT2D eigenvalue weighted by Crippen LogP contribution is 2.20. The van der Waals surface area contributed by atoms with Crippen molar-refractivity contribution in [3.05, 3.63) is 81.6 Å². The summed E-state index contributed by atoms with van der Waals surface area (Å²) in [4.78, 5) is 34.6. The summed E-state index contributed by atoms with van der Waals surface area (Å²) in [7, 11) is 0. The van der Waals surface area contributed by atoms with Gasteiger partial charge in [0.15, 0.2) is 6.61 Å². The molecular formula is C22H19N3O3S. The maximum absolute atomic E-state index is 12.7. The van der Waals surface area contributed by atoms with Crippen molar-refractivity contribution in [2.75, 3.05) is 6.61 Å². The van der Waals surface area contributed by atoms with Gasteiger partial charge in [-0.3, -0.25) is 14.8 Å². The van der Waals surface area contributed by atoms with E-state index in [0.29, 0.717) is 22.2 Å². The number of ketones is 1. The van der Waals surface area contributed by atoms with Crippen LogP contribution in [-0.2, 0) is 11.3 Å². The molecule has 0 amide bonds. The quantitative estimate of drug-likeness (QED) is 0.355. The second-order valence-electron chi connectivity index (χ2n) is 6.71. The number of fused-ring (bicyclic) bond motifs is 1. The predicted molar refractivity (Wildman–Crippen MR) is 111 cm³/mol. The fourth-order valence-corrected chi connectivity index (χ4v) is 3.96. The normalized spacial score (nSPS) is 11.0. The first-order chi connectivity index (χ1) is 14.0. The Morgan fingerprint density at radius 3 is 2.62 bits per heavy atom. The number of carbonyl (C=O) groups excluding carboxylic acids is 2. The lowest BCUT2D eigenvalue weighted by molar-refractivity contribution is 0.0474. The van der Waals surface area contributed by atoms with Crippen LogP contribution in [0.25, 0.3) is 11.0 Å². The first-order valence-electron chi connectivity index (χ1n) is 9.13. The van der Waals surface area contributed by atoms with Crippen molar-refractivity contribution in [3.8, 4) is 0 Å². The minimum absolute atomic E-state index is 0.218. The zero-order valence-corrected chi connectivity index (χ0v) is 16.9. The zero-order valence-electron chi connectivity index (χ0n) is 16.1. The number of hydrogen-bond donors (Lipinski definition) is 0. The number of rotatable bonds is 6. The minimum atomic E-state index is -0.557. The molecular weight excluding hydrogens is 386 g/mol. The molecule has 0 fully saturated rings. The summed E-state index contributed by atoms with van der Waals surface area (Å²) >= 11 is 1.68. The third kappa shape index (κ3) is 3.95. The van der Waals surface area contributed by atoms with E-state index in [1.807, 2.05) is 31.4 Å². The van der Waals surface area contributed by atoms with Crippen molar-refractivity contribution in [1.29, 1.82) is 0 Å². The third-order valence-electron chi connectivity index (χ3n) is 4.81. The maximum atomic E-state index is 12.7. The number of esters is 1. The molecule has 4 aromatic rings. The molecule has 0 unspecified atom stereocenters. The molecule has 0 aliphatic carbocycles. The van der Waals surface area contributed by atoms with Gasteiger partial charge in [-0.05, 0) is 49.6 Å². The number of benzene rings is 1. The molecule has 0 atom stereocenters. The maximum Gasteiger partial charge on any atom is 0.338 e. The molecule has 0 spiro atoms. The van der Waals surface area contributed by atoms with Crippen LogP contribution < -0.4 is 0 Å². The molecule has 6 nitrogen and oxygen atoms in total. The van der Waals surface area contributed by atoms with Gasteiger partial charge in [-0.25, -0.2) is 4.79 Å². The first-order valence-corrected chi connectivity index (χ1v) is 10.0. The molecule has 0 bridgehead atoms. The molecule has 3 aromatic heterocycles. The molecule has 1 aromatic carbocycles. The van der Waals surface area contributed by atoms with E-state index < -0.39 is 5.97 Å². The Morgan fingerprint density at radius 1 is 1.07 bits per heavy atom. The van der Waals surface area contributed by atoms with Gasteiger partial charge in [-0.2, -0.15) is 0 Å². The zero-order chi connectivity index (χ0) is 20.4. The lowest BCUT2D eigenvalue weighted by Crippen LogP contribution is -2.15. The number of nitrogens with zero attached hydrogens (tertiary/aromatic N) is 3. The van der Waals surface area contributed by atoms with Gasteiger partial charge in [0.1, 0.15) is 0 Å². The summed E-state index contributed by atoms with van der Waals surface area (Å²) in [5, 5.41) is 2.04. The van der Waals surface area contributed by atoms with Crippen molar-refractivity contribution in [2.24, 2.45) is 0 Å². The largest absolute Gasteiger partial charge is 0.454 e. The van der Waals surface area contributed by atoms with Crippen LogP contribution in [0.3, 0.4) is 0 Å². The summed E-state index contributed by atoms with van der Waals surface area (Å²) in [6.45, 7) is 4.30. The highest BCUT2D eigenvalue weighted by atomic mass is 32.1. The van der Waals surface area contributed by atoms with Crippen LogP contribution in [0.2, 0.25) is 0 Å². The average molecular weight is 405 g/mol. The van der Waals surface area contributed by atoms with Crippen LogP contribution in [-0.4, -0.2) is 32.9 Å². The second-order valence-corrected chi connectivity index (χ2v) is 7.74. The number of ether oxygens (including phenoxy) is 1. The Morgan fingerprint density at radius 2 is 1.86 bits per heavy atom. The standard InChI is InChI=1S/C22H19N3O3S/c1-14-10-18(15(2)25(14)12-17-4-3-9-29-17)21(26)13-28-22(27)16-5-6-19-20(11-16)24-8-7-23-19/h3-11H,12-13H2,1-2H3. The second kappa shape index (κ2) is 7.97. The minimum Gasteiger partial charge on any atom is -0.454 e. The van der Waals surface area contributed by atoms with E-state index in [-0.39, 0.29) is 12.4 Å². The number of hydrogen-bond acceptors (Lipinski definition) is 6. The topological polar surface area (TPSA) is 74.1 Å². The van der Waals surface area contributed by atoms with Gasteiger partial charge in [0.2, 0.25) is 5.78 Å². The van der Waals surface area contributed by atoms with E-state index >= 15 is 0 Å². The van der Waals surface area contributed by atoms with Crippen molar-refractivity contribution >= 4 is 34.1 Å². The predicted octanol–water partition coefficient (Wildman–Crippen LogP) is 4.20. The lowest BCUT2D eigenvalue weighted by atomic mass is 10.1. The van der Waals surface area contributed by atoms with Gasteiger partial charge in [0.05, 0.1) is 23.1 Å². The van der Waals surface area contributed by atoms with Crippen LogP contribution in [0, 0.1) is 13.8 Å². The van der Waals surface area contributed by atoms with Gasteiger partial charge < -0.3 is 9.30 Å². The molecule has 0 aliphatic heterocycles. The molecule has 4 rings (SSSR count). The highest BCUT2D eigenvalue weighted by Gasteiger charge is 2.18. The molecule has 0 aliphatic rings. The summed E-state index contributed by atoms with van der Waals surface area (Å²) in [6.07, 6.45) is 3.15. The average Bonchev–Trinajstić information content (AvgIpc) is 3.35. The number of carbonyl (C=O) groups is 2. The van der Waals surface area contributed by atoms with Crippen molar-refractivity contribution < 1.29 is 14.3 Å².